The van der Waals surface area contributed by atoms with Crippen LogP contribution < -0.4 is 0 Å². The molecular formula is C20H30O2S6. The molecule has 2 aliphatic heterocycles. The summed E-state index contributed by atoms with van der Waals surface area (Å²) in [4.78, 5) is 0. The first-order chi connectivity index (χ1) is 13.4. The second kappa shape index (κ2) is 10.2. The third-order valence-corrected chi connectivity index (χ3v) is 16.3. The predicted molar refractivity (Wildman–Crippen MR) is 138 cm³/mol. The lowest BCUT2D eigenvalue weighted by atomic mass is 9.89. The fraction of sp³-hybridized carbons (Fsp3) is 0.700. The standard InChI is InChI=1S/C20H30O2S6/c1-19(23-3,17-25-11-13(9-21)27-17)15-7-5-6-8-16(15)20(2,24-4)18-26-12-14(10-22)28-18/h5-8,13-14,17-18,21-22H,9-12H2,1-4H3. The third-order valence-electron chi connectivity index (χ3n) is 5.65. The zero-order valence-corrected chi connectivity index (χ0v) is 21.7. The van der Waals surface area contributed by atoms with Gasteiger partial charge in [0.05, 0.1) is 31.9 Å². The Balaban J connectivity index is 1.99. The van der Waals surface area contributed by atoms with Crippen molar-refractivity contribution in [2.75, 3.05) is 37.2 Å². The second-order valence-corrected chi connectivity index (χ2v) is 15.6. The molecule has 28 heavy (non-hydrogen) atoms. The highest BCUT2D eigenvalue weighted by Crippen LogP contribution is 2.59. The summed E-state index contributed by atoms with van der Waals surface area (Å²) in [7, 11) is 0. The molecule has 6 atom stereocenters. The molecule has 1 aromatic carbocycles. The first kappa shape index (κ1) is 23.9. The Labute approximate surface area is 195 Å². The molecule has 2 nitrogen and oxygen atoms in total. The van der Waals surface area contributed by atoms with Crippen LogP contribution in [-0.4, -0.2) is 67.1 Å². The van der Waals surface area contributed by atoms with Crippen molar-refractivity contribution in [2.24, 2.45) is 0 Å². The first-order valence-corrected chi connectivity index (χ1v) is 15.8. The second-order valence-electron chi connectivity index (χ2n) is 7.38. The number of benzene rings is 1. The van der Waals surface area contributed by atoms with E-state index in [0.717, 1.165) is 11.5 Å². The van der Waals surface area contributed by atoms with Gasteiger partial charge in [-0.25, -0.2) is 0 Å². The van der Waals surface area contributed by atoms with E-state index in [1.807, 2.05) is 70.6 Å². The molecule has 0 amide bonds. The van der Waals surface area contributed by atoms with Gasteiger partial charge in [-0.3, -0.25) is 0 Å². The molecular weight excluding hydrogens is 465 g/mol. The Morgan fingerprint density at radius 2 is 1.25 bits per heavy atom. The molecule has 6 unspecified atom stereocenters. The van der Waals surface area contributed by atoms with Gasteiger partial charge >= 0.3 is 0 Å². The van der Waals surface area contributed by atoms with Crippen LogP contribution in [0.5, 0.6) is 0 Å². The van der Waals surface area contributed by atoms with E-state index < -0.39 is 0 Å². The van der Waals surface area contributed by atoms with Gasteiger partial charge in [0.2, 0.25) is 0 Å². The summed E-state index contributed by atoms with van der Waals surface area (Å²) in [5.74, 6) is 2.05. The molecule has 1 aromatic rings. The van der Waals surface area contributed by atoms with Crippen molar-refractivity contribution in [3.63, 3.8) is 0 Å². The fourth-order valence-corrected chi connectivity index (χ4v) is 13.4. The zero-order valence-electron chi connectivity index (χ0n) is 16.8. The minimum absolute atomic E-state index is 0.0167. The van der Waals surface area contributed by atoms with Crippen molar-refractivity contribution in [1.29, 1.82) is 0 Å². The number of thioether (sulfide) groups is 6. The van der Waals surface area contributed by atoms with Gasteiger partial charge in [0, 0.05) is 22.0 Å². The minimum atomic E-state index is -0.0167. The van der Waals surface area contributed by atoms with Crippen LogP contribution in [0.3, 0.4) is 0 Å². The third kappa shape index (κ3) is 4.54. The van der Waals surface area contributed by atoms with Crippen LogP contribution in [0.2, 0.25) is 0 Å². The highest BCUT2D eigenvalue weighted by molar-refractivity contribution is 8.22. The van der Waals surface area contributed by atoms with Crippen LogP contribution in [0, 0.1) is 0 Å². The zero-order chi connectivity index (χ0) is 20.4. The lowest BCUT2D eigenvalue weighted by Crippen LogP contribution is -2.35. The van der Waals surface area contributed by atoms with Crippen molar-refractivity contribution in [2.45, 2.75) is 43.0 Å². The van der Waals surface area contributed by atoms with E-state index in [-0.39, 0.29) is 22.7 Å². The Kier molecular flexibility index (Phi) is 8.74. The van der Waals surface area contributed by atoms with Crippen molar-refractivity contribution in [3.8, 4) is 0 Å². The maximum atomic E-state index is 9.64. The van der Waals surface area contributed by atoms with Crippen molar-refractivity contribution >= 4 is 70.6 Å². The van der Waals surface area contributed by atoms with E-state index in [4.69, 9.17) is 0 Å². The summed E-state index contributed by atoms with van der Waals surface area (Å²) >= 11 is 11.8. The smallest absolute Gasteiger partial charge is 0.0691 e. The molecule has 2 fully saturated rings. The van der Waals surface area contributed by atoms with Crippen molar-refractivity contribution in [3.05, 3.63) is 35.4 Å². The summed E-state index contributed by atoms with van der Waals surface area (Å²) in [6.45, 7) is 5.29. The highest BCUT2D eigenvalue weighted by Gasteiger charge is 2.47. The maximum absolute atomic E-state index is 9.64. The number of aliphatic hydroxyl groups is 2. The monoisotopic (exact) mass is 494 g/mol. The quantitative estimate of drug-likeness (QED) is 0.512. The van der Waals surface area contributed by atoms with Crippen molar-refractivity contribution < 1.29 is 10.2 Å². The Morgan fingerprint density at radius 3 is 1.54 bits per heavy atom. The van der Waals surface area contributed by atoms with Gasteiger partial charge in [-0.2, -0.15) is 23.5 Å². The molecule has 0 saturated carbocycles. The van der Waals surface area contributed by atoms with E-state index >= 15 is 0 Å². The molecule has 2 saturated heterocycles. The van der Waals surface area contributed by atoms with E-state index in [2.05, 4.69) is 50.6 Å². The minimum Gasteiger partial charge on any atom is -0.395 e. The lowest BCUT2D eigenvalue weighted by Gasteiger charge is -2.41. The van der Waals surface area contributed by atoms with E-state index in [9.17, 15) is 10.2 Å². The molecule has 0 spiro atoms. The molecule has 0 radical (unpaired) electrons. The molecule has 0 aliphatic carbocycles. The molecule has 158 valence electrons. The van der Waals surface area contributed by atoms with Crippen LogP contribution in [0.1, 0.15) is 25.0 Å². The molecule has 8 heteroatoms. The predicted octanol–water partition coefficient (Wildman–Crippen LogP) is 5.18. The fourth-order valence-electron chi connectivity index (χ4n) is 3.68. The van der Waals surface area contributed by atoms with Gasteiger partial charge in [-0.15, -0.1) is 47.0 Å². The van der Waals surface area contributed by atoms with Crippen molar-refractivity contribution in [1.82, 2.24) is 0 Å². The van der Waals surface area contributed by atoms with E-state index in [0.29, 0.717) is 19.7 Å². The molecule has 2 N–H and O–H groups in total. The molecule has 2 aliphatic rings. The largest absolute Gasteiger partial charge is 0.395 e. The first-order valence-electron chi connectivity index (χ1n) is 9.39. The summed E-state index contributed by atoms with van der Waals surface area (Å²) in [6, 6.07) is 8.99. The molecule has 0 bridgehead atoms. The summed E-state index contributed by atoms with van der Waals surface area (Å²) in [5.41, 5.74) is 2.85. The average molecular weight is 495 g/mol. The normalized spacial score (nSPS) is 32.2. The summed E-state index contributed by atoms with van der Waals surface area (Å²) in [5, 5.41) is 20.0. The van der Waals surface area contributed by atoms with Crippen LogP contribution >= 0.6 is 70.6 Å². The van der Waals surface area contributed by atoms with Gasteiger partial charge in [0.25, 0.3) is 0 Å². The van der Waals surface area contributed by atoms with Crippen LogP contribution in [0.25, 0.3) is 0 Å². The van der Waals surface area contributed by atoms with Crippen LogP contribution in [-0.2, 0) is 9.49 Å². The van der Waals surface area contributed by atoms with Gasteiger partial charge in [0.15, 0.2) is 0 Å². The lowest BCUT2D eigenvalue weighted by molar-refractivity contribution is 0.301. The molecule has 0 aromatic heterocycles. The Morgan fingerprint density at radius 1 is 0.857 bits per heavy atom. The number of hydrogen-bond acceptors (Lipinski definition) is 8. The highest BCUT2D eigenvalue weighted by atomic mass is 32.2. The van der Waals surface area contributed by atoms with Gasteiger partial charge in [0.1, 0.15) is 0 Å². The number of hydrogen-bond donors (Lipinski definition) is 2. The Bertz CT molecular complexity index is 606. The average Bonchev–Trinajstić information content (AvgIpc) is 3.42. The maximum Gasteiger partial charge on any atom is 0.0691 e. The van der Waals surface area contributed by atoms with Crippen LogP contribution in [0.4, 0.5) is 0 Å². The van der Waals surface area contributed by atoms with Crippen LogP contribution in [0.15, 0.2) is 24.3 Å². The number of rotatable bonds is 8. The summed E-state index contributed by atoms with van der Waals surface area (Å²) in [6.07, 6.45) is 4.45. The summed E-state index contributed by atoms with van der Waals surface area (Å²) < 4.78 is 0.830. The number of aliphatic hydroxyl groups excluding tert-OH is 2. The van der Waals surface area contributed by atoms with E-state index in [1.54, 1.807) is 0 Å². The topological polar surface area (TPSA) is 40.5 Å². The van der Waals surface area contributed by atoms with Gasteiger partial charge in [-0.1, -0.05) is 24.3 Å². The van der Waals surface area contributed by atoms with E-state index in [1.165, 1.54) is 11.1 Å². The van der Waals surface area contributed by atoms with Gasteiger partial charge in [-0.05, 0) is 37.5 Å². The Hall–Kier alpha value is 1.24. The molecule has 3 rings (SSSR count). The van der Waals surface area contributed by atoms with Gasteiger partial charge < -0.3 is 10.2 Å². The molecule has 2 heterocycles. The SMILES string of the molecule is CSC(C)(c1ccccc1C(C)(SC)C1SCC(CO)S1)C1SCC(CO)S1.